The summed E-state index contributed by atoms with van der Waals surface area (Å²) in [4.78, 5) is 10.6. The monoisotopic (exact) mass is 127 g/mol. The Bertz CT molecular complexity index is 266. The highest BCUT2D eigenvalue weighted by molar-refractivity contribution is 4.95. The highest BCUT2D eigenvalue weighted by Crippen LogP contribution is 1.87. The molecule has 1 rings (SSSR count). The van der Waals surface area contributed by atoms with Gasteiger partial charge in [-0.15, -0.1) is 0 Å². The average molecular weight is 127 g/mol. The van der Waals surface area contributed by atoms with Crippen molar-refractivity contribution in [3.8, 4) is 0 Å². The summed E-state index contributed by atoms with van der Waals surface area (Å²) < 4.78 is 13.4. The van der Waals surface area contributed by atoms with Crippen molar-refractivity contribution in [2.24, 2.45) is 7.05 Å². The van der Waals surface area contributed by atoms with Gasteiger partial charge in [0, 0.05) is 19.3 Å². The van der Waals surface area contributed by atoms with Gasteiger partial charge in [-0.3, -0.25) is 4.79 Å². The van der Waals surface area contributed by atoms with Crippen LogP contribution in [0.2, 0.25) is 0 Å². The average Bonchev–Trinajstić information content (AvgIpc) is 1.80. The molecule has 0 N–H and O–H groups in total. The summed E-state index contributed by atoms with van der Waals surface area (Å²) in [5, 5.41) is 0. The Hall–Kier alpha value is -1.12. The van der Waals surface area contributed by atoms with Crippen LogP contribution in [0.5, 0.6) is 0 Å². The molecule has 9 heavy (non-hydrogen) atoms. The molecule has 0 amide bonds. The number of nitrogens with zero attached hydrogens (tertiary/aromatic N) is 1. The van der Waals surface area contributed by atoms with Crippen molar-refractivity contribution in [3.05, 3.63) is 34.5 Å². The molecule has 0 atom stereocenters. The number of hydrogen-bond acceptors (Lipinski definition) is 1. The van der Waals surface area contributed by atoms with E-state index in [-0.39, 0.29) is 5.56 Å². The minimum Gasteiger partial charge on any atom is -0.318 e. The predicted octanol–water partition coefficient (Wildman–Crippen LogP) is 0.524. The third kappa shape index (κ3) is 1.16. The maximum Gasteiger partial charge on any atom is 0.253 e. The van der Waals surface area contributed by atoms with Gasteiger partial charge in [0.1, 0.15) is 5.82 Å². The van der Waals surface area contributed by atoms with Crippen LogP contribution < -0.4 is 5.56 Å². The van der Waals surface area contributed by atoms with Crippen molar-refractivity contribution >= 4 is 0 Å². The summed E-state index contributed by atoms with van der Waals surface area (Å²) in [7, 11) is 1.57. The molecule has 0 bridgehead atoms. The van der Waals surface area contributed by atoms with Crippen molar-refractivity contribution in [2.45, 2.75) is 0 Å². The molecule has 0 unspecified atom stereocenters. The van der Waals surface area contributed by atoms with E-state index >= 15 is 0 Å². The van der Waals surface area contributed by atoms with Crippen molar-refractivity contribution in [3.63, 3.8) is 0 Å². The molecule has 2 nitrogen and oxygen atoms in total. The normalized spacial score (nSPS) is 9.56. The van der Waals surface area contributed by atoms with Crippen LogP contribution in [0, 0.1) is 5.82 Å². The highest BCUT2D eigenvalue weighted by atomic mass is 19.1. The Morgan fingerprint density at radius 3 is 2.78 bits per heavy atom. The van der Waals surface area contributed by atoms with E-state index in [4.69, 9.17) is 0 Å². The van der Waals surface area contributed by atoms with Crippen LogP contribution in [0.25, 0.3) is 0 Å². The van der Waals surface area contributed by atoms with Gasteiger partial charge in [0.15, 0.2) is 0 Å². The summed E-state index contributed by atoms with van der Waals surface area (Å²) in [6.45, 7) is 0. The lowest BCUT2D eigenvalue weighted by atomic mass is 10.5. The standard InChI is InChI=1S/C6H6FNO/c1-8-3-2-5(7)4-6(8)9/h2-4H,1H3. The van der Waals surface area contributed by atoms with Gasteiger partial charge in [-0.1, -0.05) is 0 Å². The third-order valence-electron chi connectivity index (χ3n) is 1.07. The fourth-order valence-electron chi connectivity index (χ4n) is 0.524. The second-order valence-corrected chi connectivity index (χ2v) is 1.79. The van der Waals surface area contributed by atoms with Gasteiger partial charge in [-0.25, -0.2) is 4.39 Å². The minimum absolute atomic E-state index is 0.324. The summed E-state index contributed by atoms with van der Waals surface area (Å²) in [5.41, 5.74) is -0.324. The van der Waals surface area contributed by atoms with Crippen molar-refractivity contribution in [1.29, 1.82) is 0 Å². The van der Waals surface area contributed by atoms with E-state index in [1.807, 2.05) is 0 Å². The Morgan fingerprint density at radius 2 is 2.33 bits per heavy atom. The predicted molar refractivity (Wildman–Crippen MR) is 31.6 cm³/mol. The Balaban J connectivity index is 3.34. The number of pyridine rings is 1. The first-order valence-electron chi connectivity index (χ1n) is 2.52. The molecule has 0 spiro atoms. The van der Waals surface area contributed by atoms with Crippen molar-refractivity contribution in [1.82, 2.24) is 4.57 Å². The minimum atomic E-state index is -0.488. The van der Waals surface area contributed by atoms with Gasteiger partial charge in [0.2, 0.25) is 0 Å². The molecule has 0 saturated heterocycles. The van der Waals surface area contributed by atoms with Crippen molar-refractivity contribution < 1.29 is 4.39 Å². The first-order chi connectivity index (χ1) is 4.20. The molecule has 1 aromatic heterocycles. The number of hydrogen-bond donors (Lipinski definition) is 0. The molecular formula is C6H6FNO. The zero-order valence-electron chi connectivity index (χ0n) is 4.97. The van der Waals surface area contributed by atoms with Crippen LogP contribution in [0.15, 0.2) is 23.1 Å². The zero-order valence-corrected chi connectivity index (χ0v) is 4.97. The van der Waals surface area contributed by atoms with E-state index in [2.05, 4.69) is 0 Å². The van der Waals surface area contributed by atoms with Gasteiger partial charge in [-0.2, -0.15) is 0 Å². The first-order valence-corrected chi connectivity index (χ1v) is 2.52. The molecule has 1 aromatic rings. The molecule has 3 heteroatoms. The number of aromatic nitrogens is 1. The van der Waals surface area contributed by atoms with E-state index in [0.29, 0.717) is 0 Å². The molecule has 0 aliphatic rings. The van der Waals surface area contributed by atoms with Crippen LogP contribution in [0.3, 0.4) is 0 Å². The molecular weight excluding hydrogens is 121 g/mol. The van der Waals surface area contributed by atoms with E-state index in [9.17, 15) is 9.18 Å². The largest absolute Gasteiger partial charge is 0.318 e. The summed E-state index contributed by atoms with van der Waals surface area (Å²) in [6.07, 6.45) is 1.39. The first kappa shape index (κ1) is 6.01. The van der Waals surface area contributed by atoms with Crippen LogP contribution in [-0.2, 0) is 7.05 Å². The molecule has 0 aromatic carbocycles. The van der Waals surface area contributed by atoms with Crippen LogP contribution >= 0.6 is 0 Å². The molecule has 0 saturated carbocycles. The maximum absolute atomic E-state index is 12.1. The Morgan fingerprint density at radius 1 is 1.67 bits per heavy atom. The van der Waals surface area contributed by atoms with E-state index in [1.165, 1.54) is 16.8 Å². The van der Waals surface area contributed by atoms with Crippen LogP contribution in [0.4, 0.5) is 4.39 Å². The third-order valence-corrected chi connectivity index (χ3v) is 1.07. The van der Waals surface area contributed by atoms with E-state index in [0.717, 1.165) is 6.07 Å². The highest BCUT2D eigenvalue weighted by Gasteiger charge is 1.89. The lowest BCUT2D eigenvalue weighted by Gasteiger charge is -1.91. The van der Waals surface area contributed by atoms with E-state index < -0.39 is 5.82 Å². The second kappa shape index (κ2) is 2.01. The fourth-order valence-corrected chi connectivity index (χ4v) is 0.524. The Kier molecular flexibility index (Phi) is 1.34. The fraction of sp³-hybridized carbons (Fsp3) is 0.167. The van der Waals surface area contributed by atoms with E-state index in [1.54, 1.807) is 7.05 Å². The van der Waals surface area contributed by atoms with Crippen LogP contribution in [-0.4, -0.2) is 4.57 Å². The van der Waals surface area contributed by atoms with Gasteiger partial charge in [-0.05, 0) is 6.07 Å². The Labute approximate surface area is 51.6 Å². The quantitative estimate of drug-likeness (QED) is 0.498. The van der Waals surface area contributed by atoms with Crippen molar-refractivity contribution in [2.75, 3.05) is 0 Å². The van der Waals surface area contributed by atoms with Gasteiger partial charge >= 0.3 is 0 Å². The number of aryl methyl sites for hydroxylation is 1. The molecule has 0 radical (unpaired) electrons. The van der Waals surface area contributed by atoms with Crippen LogP contribution in [0.1, 0.15) is 0 Å². The number of rotatable bonds is 0. The molecule has 0 aliphatic heterocycles. The number of halogens is 1. The molecule has 0 aliphatic carbocycles. The lowest BCUT2D eigenvalue weighted by molar-refractivity contribution is 0.616. The summed E-state index contributed by atoms with van der Waals surface area (Å²) in [5.74, 6) is -0.488. The molecule has 0 fully saturated rings. The SMILES string of the molecule is Cn1ccc(F)cc1=O. The smallest absolute Gasteiger partial charge is 0.253 e. The zero-order chi connectivity index (χ0) is 6.85. The molecule has 1 heterocycles. The van der Waals surface area contributed by atoms with Gasteiger partial charge in [0.05, 0.1) is 0 Å². The summed E-state index contributed by atoms with van der Waals surface area (Å²) in [6, 6.07) is 2.18. The second-order valence-electron chi connectivity index (χ2n) is 1.79. The topological polar surface area (TPSA) is 22.0 Å². The van der Waals surface area contributed by atoms with Gasteiger partial charge in [0.25, 0.3) is 5.56 Å². The molecule has 48 valence electrons. The maximum atomic E-state index is 12.1. The lowest BCUT2D eigenvalue weighted by Crippen LogP contribution is -2.14. The summed E-state index contributed by atoms with van der Waals surface area (Å²) >= 11 is 0. The van der Waals surface area contributed by atoms with Gasteiger partial charge < -0.3 is 4.57 Å².